The van der Waals surface area contributed by atoms with Crippen LogP contribution in [-0.4, -0.2) is 47.8 Å². The third-order valence-electron chi connectivity index (χ3n) is 5.79. The lowest BCUT2D eigenvalue weighted by Crippen LogP contribution is -2.54. The van der Waals surface area contributed by atoms with Crippen LogP contribution in [0.25, 0.3) is 0 Å². The van der Waals surface area contributed by atoms with Crippen molar-refractivity contribution in [3.63, 3.8) is 0 Å². The molecule has 0 spiro atoms. The molecule has 1 heterocycles. The first-order valence-corrected chi connectivity index (χ1v) is 9.58. The molecule has 3 rings (SSSR count). The number of nitrogens with zero attached hydrogens (tertiary/aromatic N) is 1. The average Bonchev–Trinajstić information content (AvgIpc) is 3.30. The summed E-state index contributed by atoms with van der Waals surface area (Å²) in [6.45, 7) is 4.46. The van der Waals surface area contributed by atoms with E-state index >= 15 is 0 Å². The predicted octanol–water partition coefficient (Wildman–Crippen LogP) is 2.67. The van der Waals surface area contributed by atoms with Crippen molar-refractivity contribution in [2.24, 2.45) is 5.92 Å². The normalized spacial score (nSPS) is 23.6. The van der Waals surface area contributed by atoms with Gasteiger partial charge in [-0.3, -0.25) is 0 Å². The van der Waals surface area contributed by atoms with Crippen LogP contribution in [0, 0.1) is 5.92 Å². The largest absolute Gasteiger partial charge is 0.396 e. The van der Waals surface area contributed by atoms with Crippen molar-refractivity contribution in [3.8, 4) is 0 Å². The van der Waals surface area contributed by atoms with Gasteiger partial charge in [-0.25, -0.2) is 4.79 Å². The van der Waals surface area contributed by atoms with Crippen LogP contribution in [0.15, 0.2) is 30.3 Å². The van der Waals surface area contributed by atoms with E-state index in [9.17, 15) is 9.90 Å². The fourth-order valence-electron chi connectivity index (χ4n) is 4.23. The Morgan fingerprint density at radius 2 is 2.04 bits per heavy atom. The van der Waals surface area contributed by atoms with E-state index < -0.39 is 0 Å². The number of benzene rings is 1. The minimum absolute atomic E-state index is 0.0105. The maximum Gasteiger partial charge on any atom is 0.317 e. The summed E-state index contributed by atoms with van der Waals surface area (Å²) in [5.74, 6) is 0.238. The molecule has 5 heteroatoms. The number of aliphatic hydroxyl groups excluding tert-OH is 1. The Morgan fingerprint density at radius 1 is 1.32 bits per heavy atom. The molecular formula is C20H31N3O2. The van der Waals surface area contributed by atoms with Gasteiger partial charge in [-0.05, 0) is 31.7 Å². The number of urea groups is 1. The molecule has 138 valence electrons. The van der Waals surface area contributed by atoms with Gasteiger partial charge in [-0.2, -0.15) is 0 Å². The van der Waals surface area contributed by atoms with E-state index in [-0.39, 0.29) is 30.1 Å². The highest BCUT2D eigenvalue weighted by Gasteiger charge is 2.36. The average molecular weight is 345 g/mol. The summed E-state index contributed by atoms with van der Waals surface area (Å²) in [5, 5.41) is 16.2. The van der Waals surface area contributed by atoms with Crippen molar-refractivity contribution in [3.05, 3.63) is 35.9 Å². The molecule has 2 aliphatic rings. The Bertz CT molecular complexity index is 557. The van der Waals surface area contributed by atoms with Crippen LogP contribution in [0.1, 0.15) is 50.6 Å². The molecule has 0 radical (unpaired) electrons. The number of likely N-dealkylation sites (tertiary alicyclic amines) is 1. The number of carbonyl (C=O) groups excluding carboxylic acids is 1. The number of hydrogen-bond acceptors (Lipinski definition) is 3. The van der Waals surface area contributed by atoms with Gasteiger partial charge in [0.1, 0.15) is 0 Å². The summed E-state index contributed by atoms with van der Waals surface area (Å²) in [4.78, 5) is 14.3. The van der Waals surface area contributed by atoms with Crippen LogP contribution in [0.2, 0.25) is 0 Å². The molecule has 2 unspecified atom stereocenters. The number of nitrogens with one attached hydrogen (secondary N) is 2. The minimum atomic E-state index is -0.0129. The molecule has 1 saturated heterocycles. The van der Waals surface area contributed by atoms with Crippen LogP contribution in [0.3, 0.4) is 0 Å². The van der Waals surface area contributed by atoms with Gasteiger partial charge in [0.15, 0.2) is 0 Å². The van der Waals surface area contributed by atoms with Gasteiger partial charge in [-0.1, -0.05) is 43.2 Å². The fraction of sp³-hybridized carbons (Fsp3) is 0.650. The molecule has 2 fully saturated rings. The summed E-state index contributed by atoms with van der Waals surface area (Å²) < 4.78 is 0. The van der Waals surface area contributed by atoms with Crippen molar-refractivity contribution in [2.45, 2.75) is 50.6 Å². The summed E-state index contributed by atoms with van der Waals surface area (Å²) in [5.41, 5.74) is 1.27. The van der Waals surface area contributed by atoms with Crippen LogP contribution in [-0.2, 0) is 0 Å². The molecule has 1 aromatic carbocycles. The number of rotatable bonds is 6. The molecule has 1 aliphatic carbocycles. The first-order valence-electron chi connectivity index (χ1n) is 9.58. The predicted molar refractivity (Wildman–Crippen MR) is 99.4 cm³/mol. The van der Waals surface area contributed by atoms with Crippen molar-refractivity contribution < 1.29 is 9.90 Å². The Morgan fingerprint density at radius 3 is 2.68 bits per heavy atom. The molecule has 25 heavy (non-hydrogen) atoms. The third kappa shape index (κ3) is 4.53. The van der Waals surface area contributed by atoms with Crippen molar-refractivity contribution in [1.29, 1.82) is 0 Å². The van der Waals surface area contributed by atoms with Crippen LogP contribution >= 0.6 is 0 Å². The number of carbonyl (C=O) groups is 1. The van der Waals surface area contributed by atoms with Crippen LogP contribution < -0.4 is 10.6 Å². The van der Waals surface area contributed by atoms with Gasteiger partial charge >= 0.3 is 6.03 Å². The molecule has 0 aromatic heterocycles. The van der Waals surface area contributed by atoms with Crippen molar-refractivity contribution >= 4 is 6.03 Å². The molecule has 2 amide bonds. The Kier molecular flexibility index (Phi) is 5.97. The van der Waals surface area contributed by atoms with E-state index in [1.54, 1.807) is 0 Å². The third-order valence-corrected chi connectivity index (χ3v) is 5.79. The molecule has 3 N–H and O–H groups in total. The summed E-state index contributed by atoms with van der Waals surface area (Å²) in [7, 11) is 0. The summed E-state index contributed by atoms with van der Waals surface area (Å²) >= 11 is 0. The smallest absolute Gasteiger partial charge is 0.317 e. The zero-order chi connectivity index (χ0) is 17.7. The first kappa shape index (κ1) is 18.2. The molecule has 0 bridgehead atoms. The number of amides is 2. The SMILES string of the molecule is CC(NC1(CNC(=O)N2CCC(CO)C2)CCCC1)c1ccccc1. The highest BCUT2D eigenvalue weighted by Crippen LogP contribution is 2.32. The highest BCUT2D eigenvalue weighted by atomic mass is 16.3. The first-order chi connectivity index (χ1) is 12.1. The van der Waals surface area contributed by atoms with E-state index in [0.717, 1.165) is 25.8 Å². The fourth-order valence-corrected chi connectivity index (χ4v) is 4.23. The van der Waals surface area contributed by atoms with Gasteiger partial charge in [0.25, 0.3) is 0 Å². The van der Waals surface area contributed by atoms with Crippen molar-refractivity contribution in [2.75, 3.05) is 26.2 Å². The zero-order valence-electron chi connectivity index (χ0n) is 15.2. The van der Waals surface area contributed by atoms with Gasteiger partial charge in [-0.15, -0.1) is 0 Å². The molecule has 2 atom stereocenters. The second kappa shape index (κ2) is 8.19. The van der Waals surface area contributed by atoms with Gasteiger partial charge in [0.2, 0.25) is 0 Å². The lowest BCUT2D eigenvalue weighted by molar-refractivity contribution is 0.192. The lowest BCUT2D eigenvalue weighted by atomic mass is 9.94. The van der Waals surface area contributed by atoms with Crippen LogP contribution in [0.5, 0.6) is 0 Å². The zero-order valence-corrected chi connectivity index (χ0v) is 15.2. The lowest BCUT2D eigenvalue weighted by Gasteiger charge is -2.35. The van der Waals surface area contributed by atoms with E-state index in [1.165, 1.54) is 18.4 Å². The molecule has 1 saturated carbocycles. The molecular weight excluding hydrogens is 314 g/mol. The molecule has 1 aliphatic heterocycles. The molecule has 1 aromatic rings. The number of aliphatic hydroxyl groups is 1. The second-order valence-corrected chi connectivity index (χ2v) is 7.71. The van der Waals surface area contributed by atoms with Gasteiger partial charge in [0, 0.05) is 43.7 Å². The van der Waals surface area contributed by atoms with E-state index in [4.69, 9.17) is 0 Å². The Balaban J connectivity index is 1.56. The monoisotopic (exact) mass is 345 g/mol. The molecule has 5 nitrogen and oxygen atoms in total. The summed E-state index contributed by atoms with van der Waals surface area (Å²) in [6, 6.07) is 10.8. The van der Waals surface area contributed by atoms with Gasteiger partial charge in [0.05, 0.1) is 0 Å². The quantitative estimate of drug-likeness (QED) is 0.743. The van der Waals surface area contributed by atoms with Gasteiger partial charge < -0.3 is 20.6 Å². The second-order valence-electron chi connectivity index (χ2n) is 7.71. The Labute approximate surface area is 150 Å². The maximum absolute atomic E-state index is 12.5. The number of hydrogen-bond donors (Lipinski definition) is 3. The summed E-state index contributed by atoms with van der Waals surface area (Å²) in [6.07, 6.45) is 5.52. The maximum atomic E-state index is 12.5. The Hall–Kier alpha value is -1.59. The van der Waals surface area contributed by atoms with E-state index in [1.807, 2.05) is 11.0 Å². The van der Waals surface area contributed by atoms with Crippen molar-refractivity contribution in [1.82, 2.24) is 15.5 Å². The van der Waals surface area contributed by atoms with E-state index in [2.05, 4.69) is 41.8 Å². The van der Waals surface area contributed by atoms with Crippen LogP contribution in [0.4, 0.5) is 4.79 Å². The van der Waals surface area contributed by atoms with E-state index in [0.29, 0.717) is 13.1 Å². The standard InChI is InChI=1S/C20H31N3O2/c1-16(18-7-3-2-4-8-18)22-20(10-5-6-11-20)15-21-19(25)23-12-9-17(13-23)14-24/h2-4,7-8,16-17,22,24H,5-6,9-15H2,1H3,(H,21,25). The highest BCUT2D eigenvalue weighted by molar-refractivity contribution is 5.74. The minimum Gasteiger partial charge on any atom is -0.396 e. The topological polar surface area (TPSA) is 64.6 Å².